The third-order valence-corrected chi connectivity index (χ3v) is 2.63. The molecule has 2 heterocycles. The van der Waals surface area contributed by atoms with Crippen molar-refractivity contribution in [2.45, 2.75) is 12.5 Å². The SMILES string of the molecule is O=C(CC(O)c1ccncc1)N1CC=CC1. The van der Waals surface area contributed by atoms with Crippen molar-refractivity contribution >= 4 is 5.91 Å². The first-order valence-corrected chi connectivity index (χ1v) is 5.28. The number of carbonyl (C=O) groups excluding carboxylic acids is 1. The molecule has 0 saturated carbocycles. The smallest absolute Gasteiger partial charge is 0.226 e. The van der Waals surface area contributed by atoms with E-state index in [-0.39, 0.29) is 12.3 Å². The van der Waals surface area contributed by atoms with Gasteiger partial charge in [-0.25, -0.2) is 0 Å². The lowest BCUT2D eigenvalue weighted by molar-refractivity contribution is -0.132. The van der Waals surface area contributed by atoms with Crippen LogP contribution in [0.5, 0.6) is 0 Å². The van der Waals surface area contributed by atoms with Crippen LogP contribution >= 0.6 is 0 Å². The molecule has 0 radical (unpaired) electrons. The Morgan fingerprint density at radius 3 is 2.62 bits per heavy atom. The number of hydrogen-bond acceptors (Lipinski definition) is 3. The molecule has 0 saturated heterocycles. The lowest BCUT2D eigenvalue weighted by Gasteiger charge is -2.17. The van der Waals surface area contributed by atoms with Gasteiger partial charge in [-0.2, -0.15) is 0 Å². The molecule has 1 aromatic heterocycles. The van der Waals surface area contributed by atoms with Crippen molar-refractivity contribution in [2.24, 2.45) is 0 Å². The number of aliphatic hydroxyl groups excluding tert-OH is 1. The van der Waals surface area contributed by atoms with Crippen LogP contribution in [0, 0.1) is 0 Å². The minimum Gasteiger partial charge on any atom is -0.388 e. The molecule has 1 unspecified atom stereocenters. The highest BCUT2D eigenvalue weighted by molar-refractivity contribution is 5.77. The lowest BCUT2D eigenvalue weighted by atomic mass is 10.1. The van der Waals surface area contributed by atoms with E-state index in [2.05, 4.69) is 4.98 Å². The molecule has 0 spiro atoms. The molecule has 0 fully saturated rings. The maximum absolute atomic E-state index is 11.7. The van der Waals surface area contributed by atoms with Crippen LogP contribution in [-0.2, 0) is 4.79 Å². The van der Waals surface area contributed by atoms with Gasteiger partial charge in [-0.1, -0.05) is 12.2 Å². The standard InChI is InChI=1S/C12H14N2O2/c15-11(10-3-5-13-6-4-10)9-12(16)14-7-1-2-8-14/h1-6,11,15H,7-9H2. The molecule has 0 aromatic carbocycles. The molecule has 1 aromatic rings. The second-order valence-electron chi connectivity index (χ2n) is 3.77. The average molecular weight is 218 g/mol. The summed E-state index contributed by atoms with van der Waals surface area (Å²) in [5.41, 5.74) is 0.732. The van der Waals surface area contributed by atoms with E-state index in [9.17, 15) is 9.90 Å². The van der Waals surface area contributed by atoms with E-state index in [1.165, 1.54) is 0 Å². The van der Waals surface area contributed by atoms with Crippen molar-refractivity contribution in [3.05, 3.63) is 42.2 Å². The van der Waals surface area contributed by atoms with Gasteiger partial charge in [0.05, 0.1) is 12.5 Å². The second-order valence-corrected chi connectivity index (χ2v) is 3.77. The van der Waals surface area contributed by atoms with Gasteiger partial charge < -0.3 is 10.0 Å². The highest BCUT2D eigenvalue weighted by Gasteiger charge is 2.18. The van der Waals surface area contributed by atoms with E-state index in [0.717, 1.165) is 5.56 Å². The summed E-state index contributed by atoms with van der Waals surface area (Å²) >= 11 is 0. The Morgan fingerprint density at radius 1 is 1.38 bits per heavy atom. The van der Waals surface area contributed by atoms with Gasteiger partial charge >= 0.3 is 0 Å². The molecule has 4 heteroatoms. The van der Waals surface area contributed by atoms with Crippen LogP contribution in [0.25, 0.3) is 0 Å². The quantitative estimate of drug-likeness (QED) is 0.767. The predicted octanol–water partition coefficient (Wildman–Crippen LogP) is 0.903. The first-order chi connectivity index (χ1) is 7.77. The van der Waals surface area contributed by atoms with E-state index < -0.39 is 6.10 Å². The zero-order valence-electron chi connectivity index (χ0n) is 8.91. The normalized spacial score (nSPS) is 16.4. The number of aromatic nitrogens is 1. The fraction of sp³-hybridized carbons (Fsp3) is 0.333. The van der Waals surface area contributed by atoms with Gasteiger partial charge in [0, 0.05) is 25.5 Å². The Kier molecular flexibility index (Phi) is 3.31. The second kappa shape index (κ2) is 4.90. The number of nitrogens with zero attached hydrogens (tertiary/aromatic N) is 2. The summed E-state index contributed by atoms with van der Waals surface area (Å²) in [7, 11) is 0. The molecule has 1 aliphatic heterocycles. The highest BCUT2D eigenvalue weighted by Crippen LogP contribution is 2.17. The minimum absolute atomic E-state index is 0.0192. The topological polar surface area (TPSA) is 53.4 Å². The van der Waals surface area contributed by atoms with Gasteiger partial charge in [-0.05, 0) is 17.7 Å². The molecule has 0 aliphatic carbocycles. The first kappa shape index (κ1) is 10.8. The molecule has 1 N–H and O–H groups in total. The molecule has 4 nitrogen and oxygen atoms in total. The number of hydrogen-bond donors (Lipinski definition) is 1. The number of amides is 1. The van der Waals surface area contributed by atoms with Crippen molar-refractivity contribution < 1.29 is 9.90 Å². The van der Waals surface area contributed by atoms with Gasteiger partial charge in [0.15, 0.2) is 0 Å². The van der Waals surface area contributed by atoms with Gasteiger partial charge in [0.2, 0.25) is 5.91 Å². The van der Waals surface area contributed by atoms with Crippen molar-refractivity contribution in [1.29, 1.82) is 0 Å². The summed E-state index contributed by atoms with van der Waals surface area (Å²) in [4.78, 5) is 17.3. The Morgan fingerprint density at radius 2 is 2.00 bits per heavy atom. The molecule has 84 valence electrons. The van der Waals surface area contributed by atoms with Crippen LogP contribution in [0.1, 0.15) is 18.1 Å². The monoisotopic (exact) mass is 218 g/mol. The summed E-state index contributed by atoms with van der Waals surface area (Å²) in [6.07, 6.45) is 6.52. The average Bonchev–Trinajstić information content (AvgIpc) is 2.83. The van der Waals surface area contributed by atoms with E-state index >= 15 is 0 Å². The number of rotatable bonds is 3. The number of aliphatic hydroxyl groups is 1. The fourth-order valence-corrected chi connectivity index (χ4v) is 1.68. The van der Waals surface area contributed by atoms with Crippen LogP contribution in [0.4, 0.5) is 0 Å². The van der Waals surface area contributed by atoms with Gasteiger partial charge in [0.1, 0.15) is 0 Å². The van der Waals surface area contributed by atoms with Crippen LogP contribution < -0.4 is 0 Å². The first-order valence-electron chi connectivity index (χ1n) is 5.28. The van der Waals surface area contributed by atoms with Gasteiger partial charge in [0.25, 0.3) is 0 Å². The summed E-state index contributed by atoms with van der Waals surface area (Å²) in [6.45, 7) is 1.31. The highest BCUT2D eigenvalue weighted by atomic mass is 16.3. The molecule has 2 rings (SSSR count). The molecule has 1 aliphatic rings. The molecular formula is C12H14N2O2. The van der Waals surface area contributed by atoms with Crippen LogP contribution in [0.3, 0.4) is 0 Å². The summed E-state index contributed by atoms with van der Waals surface area (Å²) in [5.74, 6) is -0.0192. The lowest BCUT2D eigenvalue weighted by Crippen LogP contribution is -2.29. The van der Waals surface area contributed by atoms with Crippen LogP contribution in [0.15, 0.2) is 36.7 Å². The summed E-state index contributed by atoms with van der Waals surface area (Å²) in [5, 5.41) is 9.86. The van der Waals surface area contributed by atoms with E-state index in [1.807, 2.05) is 12.2 Å². The Bertz CT molecular complexity index is 381. The summed E-state index contributed by atoms with van der Waals surface area (Å²) in [6, 6.07) is 3.44. The Balaban J connectivity index is 1.92. The molecule has 0 bridgehead atoms. The van der Waals surface area contributed by atoms with Crippen molar-refractivity contribution in [2.75, 3.05) is 13.1 Å². The van der Waals surface area contributed by atoms with Crippen molar-refractivity contribution in [3.8, 4) is 0 Å². The van der Waals surface area contributed by atoms with Crippen molar-refractivity contribution in [1.82, 2.24) is 9.88 Å². The third kappa shape index (κ3) is 2.46. The van der Waals surface area contributed by atoms with Crippen LogP contribution in [-0.4, -0.2) is 34.0 Å². The fourth-order valence-electron chi connectivity index (χ4n) is 1.68. The maximum atomic E-state index is 11.7. The zero-order valence-corrected chi connectivity index (χ0v) is 8.91. The van der Waals surface area contributed by atoms with E-state index in [4.69, 9.17) is 0 Å². The molecule has 16 heavy (non-hydrogen) atoms. The largest absolute Gasteiger partial charge is 0.388 e. The van der Waals surface area contributed by atoms with E-state index in [0.29, 0.717) is 13.1 Å². The number of carbonyl (C=O) groups is 1. The van der Waals surface area contributed by atoms with Crippen molar-refractivity contribution in [3.63, 3.8) is 0 Å². The molecule has 1 amide bonds. The van der Waals surface area contributed by atoms with Gasteiger partial charge in [-0.3, -0.25) is 9.78 Å². The van der Waals surface area contributed by atoms with E-state index in [1.54, 1.807) is 29.4 Å². The zero-order chi connectivity index (χ0) is 11.4. The minimum atomic E-state index is -0.740. The predicted molar refractivity (Wildman–Crippen MR) is 59.5 cm³/mol. The van der Waals surface area contributed by atoms with Crippen LogP contribution in [0.2, 0.25) is 0 Å². The van der Waals surface area contributed by atoms with Gasteiger partial charge in [-0.15, -0.1) is 0 Å². The Hall–Kier alpha value is -1.68. The Labute approximate surface area is 94.2 Å². The summed E-state index contributed by atoms with van der Waals surface area (Å²) < 4.78 is 0. The third-order valence-electron chi connectivity index (χ3n) is 2.63. The number of pyridine rings is 1. The molecule has 1 atom stereocenters. The maximum Gasteiger partial charge on any atom is 0.226 e. The molecular weight excluding hydrogens is 204 g/mol.